The minimum Gasteiger partial charge on any atom is -0.390 e. The number of aliphatic hydroxyl groups excluding tert-OH is 1. The molecule has 0 bridgehead atoms. The molecule has 0 spiro atoms. The molecule has 0 aliphatic rings. The molecule has 0 heterocycles. The third-order valence-corrected chi connectivity index (χ3v) is 3.15. The lowest BCUT2D eigenvalue weighted by atomic mass is 10.3. The SMILES string of the molecule is CC(C)OCC(O)CSC(C)CCN. The van der Waals surface area contributed by atoms with Gasteiger partial charge in [-0.3, -0.25) is 0 Å². The summed E-state index contributed by atoms with van der Waals surface area (Å²) in [7, 11) is 0. The Morgan fingerprint density at radius 3 is 2.50 bits per heavy atom. The molecule has 3 N–H and O–H groups in total. The van der Waals surface area contributed by atoms with Crippen molar-refractivity contribution in [2.45, 2.75) is 44.6 Å². The van der Waals surface area contributed by atoms with E-state index in [0.717, 1.165) is 12.2 Å². The molecule has 86 valence electrons. The van der Waals surface area contributed by atoms with E-state index in [1.807, 2.05) is 13.8 Å². The molecule has 0 fully saturated rings. The van der Waals surface area contributed by atoms with Crippen molar-refractivity contribution >= 4 is 11.8 Å². The predicted molar refractivity (Wildman–Crippen MR) is 62.7 cm³/mol. The predicted octanol–water partition coefficient (Wildman–Crippen LogP) is 1.24. The summed E-state index contributed by atoms with van der Waals surface area (Å²) in [5.41, 5.74) is 5.43. The number of ether oxygens (including phenoxy) is 1. The highest BCUT2D eigenvalue weighted by molar-refractivity contribution is 7.99. The van der Waals surface area contributed by atoms with Gasteiger partial charge in [0.05, 0.1) is 18.8 Å². The fraction of sp³-hybridized carbons (Fsp3) is 1.00. The van der Waals surface area contributed by atoms with Gasteiger partial charge in [-0.05, 0) is 26.8 Å². The van der Waals surface area contributed by atoms with E-state index in [2.05, 4.69) is 6.92 Å². The Morgan fingerprint density at radius 1 is 1.36 bits per heavy atom. The van der Waals surface area contributed by atoms with E-state index < -0.39 is 0 Å². The summed E-state index contributed by atoms with van der Waals surface area (Å²) in [4.78, 5) is 0. The van der Waals surface area contributed by atoms with Crippen LogP contribution in [0.5, 0.6) is 0 Å². The second-order valence-electron chi connectivity index (χ2n) is 3.76. The molecule has 0 aromatic rings. The molecule has 3 nitrogen and oxygen atoms in total. The van der Waals surface area contributed by atoms with Gasteiger partial charge in [0.25, 0.3) is 0 Å². The molecule has 2 unspecified atom stereocenters. The number of aliphatic hydroxyl groups is 1. The monoisotopic (exact) mass is 221 g/mol. The first-order valence-electron chi connectivity index (χ1n) is 5.17. The fourth-order valence-electron chi connectivity index (χ4n) is 0.945. The topological polar surface area (TPSA) is 55.5 Å². The smallest absolute Gasteiger partial charge is 0.0864 e. The second kappa shape index (κ2) is 8.53. The summed E-state index contributed by atoms with van der Waals surface area (Å²) in [6.07, 6.45) is 0.835. The van der Waals surface area contributed by atoms with Gasteiger partial charge in [-0.2, -0.15) is 11.8 Å². The average molecular weight is 221 g/mol. The average Bonchev–Trinajstić information content (AvgIpc) is 2.12. The molecule has 2 atom stereocenters. The van der Waals surface area contributed by atoms with Crippen molar-refractivity contribution in [1.29, 1.82) is 0 Å². The molecule has 0 saturated heterocycles. The number of thioether (sulfide) groups is 1. The van der Waals surface area contributed by atoms with Gasteiger partial charge in [-0.15, -0.1) is 0 Å². The van der Waals surface area contributed by atoms with Crippen LogP contribution in [0.3, 0.4) is 0 Å². The van der Waals surface area contributed by atoms with Crippen molar-refractivity contribution in [2.24, 2.45) is 5.73 Å². The maximum Gasteiger partial charge on any atom is 0.0864 e. The van der Waals surface area contributed by atoms with E-state index in [1.165, 1.54) is 0 Å². The first-order valence-corrected chi connectivity index (χ1v) is 6.22. The summed E-state index contributed by atoms with van der Waals surface area (Å²) in [6.45, 7) is 7.22. The Hall–Kier alpha value is 0.230. The van der Waals surface area contributed by atoms with E-state index in [-0.39, 0.29) is 12.2 Å². The Morgan fingerprint density at radius 2 is 2.00 bits per heavy atom. The molecule has 0 aliphatic carbocycles. The summed E-state index contributed by atoms with van der Waals surface area (Å²) in [6, 6.07) is 0. The first kappa shape index (κ1) is 14.2. The van der Waals surface area contributed by atoms with Crippen LogP contribution in [0.4, 0.5) is 0 Å². The molecule has 4 heteroatoms. The zero-order valence-corrected chi connectivity index (χ0v) is 10.2. The summed E-state index contributed by atoms with van der Waals surface area (Å²) < 4.78 is 5.31. The first-order chi connectivity index (χ1) is 6.56. The van der Waals surface area contributed by atoms with Crippen molar-refractivity contribution in [3.8, 4) is 0 Å². The van der Waals surface area contributed by atoms with Crippen molar-refractivity contribution in [2.75, 3.05) is 18.9 Å². The Bertz CT molecular complexity index is 133. The van der Waals surface area contributed by atoms with Gasteiger partial charge < -0.3 is 15.6 Å². The molecular formula is C10H23NO2S. The highest BCUT2D eigenvalue weighted by Crippen LogP contribution is 2.14. The van der Waals surface area contributed by atoms with Gasteiger partial charge in [0, 0.05) is 11.0 Å². The number of rotatable bonds is 8. The third-order valence-electron chi connectivity index (χ3n) is 1.77. The van der Waals surface area contributed by atoms with Crippen molar-refractivity contribution in [1.82, 2.24) is 0 Å². The minimum absolute atomic E-state index is 0.191. The van der Waals surface area contributed by atoms with E-state index in [4.69, 9.17) is 10.5 Å². The highest BCUT2D eigenvalue weighted by atomic mass is 32.2. The van der Waals surface area contributed by atoms with E-state index in [0.29, 0.717) is 18.4 Å². The molecule has 0 amide bonds. The van der Waals surface area contributed by atoms with Gasteiger partial charge in [0.1, 0.15) is 0 Å². The zero-order valence-electron chi connectivity index (χ0n) is 9.40. The van der Waals surface area contributed by atoms with E-state index in [1.54, 1.807) is 11.8 Å². The molecular weight excluding hydrogens is 198 g/mol. The summed E-state index contributed by atoms with van der Waals surface area (Å²) in [5, 5.41) is 10.1. The van der Waals surface area contributed by atoms with E-state index >= 15 is 0 Å². The van der Waals surface area contributed by atoms with Crippen LogP contribution in [0.2, 0.25) is 0 Å². The van der Waals surface area contributed by atoms with Crippen LogP contribution in [-0.4, -0.2) is 41.5 Å². The molecule has 0 aromatic heterocycles. The van der Waals surface area contributed by atoms with Crippen molar-refractivity contribution < 1.29 is 9.84 Å². The lowest BCUT2D eigenvalue weighted by molar-refractivity contribution is 0.0152. The number of hydrogen-bond donors (Lipinski definition) is 2. The summed E-state index contributed by atoms with van der Waals surface area (Å²) in [5.74, 6) is 0.730. The molecule has 0 saturated carbocycles. The normalized spacial score (nSPS) is 15.9. The Labute approximate surface area is 91.4 Å². The fourth-order valence-corrected chi connectivity index (χ4v) is 1.89. The van der Waals surface area contributed by atoms with E-state index in [9.17, 15) is 5.11 Å². The van der Waals surface area contributed by atoms with Crippen LogP contribution in [0.1, 0.15) is 27.2 Å². The molecule has 0 radical (unpaired) electrons. The Kier molecular flexibility index (Phi) is 8.67. The molecule has 0 aliphatic heterocycles. The zero-order chi connectivity index (χ0) is 11.0. The van der Waals surface area contributed by atoms with Crippen molar-refractivity contribution in [3.63, 3.8) is 0 Å². The minimum atomic E-state index is -0.359. The standard InChI is InChI=1S/C10H23NO2S/c1-8(2)13-6-10(12)7-14-9(3)4-5-11/h8-10,12H,4-7,11H2,1-3H3. The van der Waals surface area contributed by atoms with Crippen LogP contribution in [0.15, 0.2) is 0 Å². The summed E-state index contributed by atoms with van der Waals surface area (Å²) >= 11 is 1.75. The third kappa shape index (κ3) is 8.81. The second-order valence-corrected chi connectivity index (χ2v) is 5.23. The highest BCUT2D eigenvalue weighted by Gasteiger charge is 2.08. The van der Waals surface area contributed by atoms with Gasteiger partial charge in [-0.1, -0.05) is 6.92 Å². The van der Waals surface area contributed by atoms with Gasteiger partial charge >= 0.3 is 0 Å². The maximum absolute atomic E-state index is 9.54. The largest absolute Gasteiger partial charge is 0.390 e. The van der Waals surface area contributed by atoms with Crippen LogP contribution in [0, 0.1) is 0 Å². The van der Waals surface area contributed by atoms with Gasteiger partial charge in [0.15, 0.2) is 0 Å². The van der Waals surface area contributed by atoms with Crippen LogP contribution < -0.4 is 5.73 Å². The Balaban J connectivity index is 3.38. The van der Waals surface area contributed by atoms with Gasteiger partial charge in [-0.25, -0.2) is 0 Å². The lowest BCUT2D eigenvalue weighted by Gasteiger charge is -2.15. The molecule has 0 aromatic carbocycles. The van der Waals surface area contributed by atoms with Crippen LogP contribution >= 0.6 is 11.8 Å². The van der Waals surface area contributed by atoms with Crippen molar-refractivity contribution in [3.05, 3.63) is 0 Å². The van der Waals surface area contributed by atoms with Crippen LogP contribution in [-0.2, 0) is 4.74 Å². The number of hydrogen-bond acceptors (Lipinski definition) is 4. The quantitative estimate of drug-likeness (QED) is 0.647. The molecule has 14 heavy (non-hydrogen) atoms. The maximum atomic E-state index is 9.54. The van der Waals surface area contributed by atoms with Gasteiger partial charge in [0.2, 0.25) is 0 Å². The molecule has 0 rings (SSSR count). The van der Waals surface area contributed by atoms with Crippen LogP contribution in [0.25, 0.3) is 0 Å². The number of nitrogens with two attached hydrogens (primary N) is 1. The lowest BCUT2D eigenvalue weighted by Crippen LogP contribution is -2.22.